The van der Waals surface area contributed by atoms with E-state index in [-0.39, 0.29) is 0 Å². The Morgan fingerprint density at radius 2 is 2.26 bits per heavy atom. The van der Waals surface area contributed by atoms with E-state index in [0.717, 1.165) is 35.2 Å². The fourth-order valence-electron chi connectivity index (χ4n) is 1.76. The van der Waals surface area contributed by atoms with Crippen molar-refractivity contribution in [2.75, 3.05) is 25.9 Å². The molecule has 0 fully saturated rings. The number of likely N-dealkylation sites (N-methyl/N-ethyl adjacent to an activating group) is 1. The van der Waals surface area contributed by atoms with Crippen molar-refractivity contribution in [1.29, 1.82) is 0 Å². The molecule has 0 radical (unpaired) electrons. The van der Waals surface area contributed by atoms with Gasteiger partial charge in [0.2, 0.25) is 0 Å². The van der Waals surface area contributed by atoms with Crippen LogP contribution in [0, 0.1) is 6.92 Å². The molecule has 2 aromatic rings. The van der Waals surface area contributed by atoms with Gasteiger partial charge < -0.3 is 10.5 Å². The minimum atomic E-state index is 0.642. The lowest BCUT2D eigenvalue weighted by atomic mass is 10.3. The highest BCUT2D eigenvalue weighted by molar-refractivity contribution is 7.09. The summed E-state index contributed by atoms with van der Waals surface area (Å²) < 4.78 is 5.66. The third-order valence-corrected chi connectivity index (χ3v) is 3.52. The van der Waals surface area contributed by atoms with E-state index >= 15 is 0 Å². The molecule has 4 nitrogen and oxygen atoms in total. The Labute approximate surface area is 117 Å². The highest BCUT2D eigenvalue weighted by Crippen LogP contribution is 2.14. The van der Waals surface area contributed by atoms with E-state index in [0.29, 0.717) is 6.61 Å². The molecule has 0 spiro atoms. The molecule has 0 unspecified atom stereocenters. The van der Waals surface area contributed by atoms with Crippen molar-refractivity contribution in [3.63, 3.8) is 0 Å². The monoisotopic (exact) mass is 277 g/mol. The molecule has 2 rings (SSSR count). The number of anilines is 1. The lowest BCUT2D eigenvalue weighted by Crippen LogP contribution is -2.24. The molecule has 0 amide bonds. The van der Waals surface area contributed by atoms with Crippen molar-refractivity contribution in [3.05, 3.63) is 40.3 Å². The summed E-state index contributed by atoms with van der Waals surface area (Å²) in [7, 11) is 2.07. The van der Waals surface area contributed by atoms with Gasteiger partial charge in [0.15, 0.2) is 0 Å². The Morgan fingerprint density at radius 3 is 2.95 bits per heavy atom. The van der Waals surface area contributed by atoms with E-state index in [9.17, 15) is 0 Å². The normalized spacial score (nSPS) is 10.9. The van der Waals surface area contributed by atoms with Crippen LogP contribution in [0.5, 0.6) is 5.75 Å². The number of hydrogen-bond donors (Lipinski definition) is 1. The van der Waals surface area contributed by atoms with E-state index in [1.807, 2.05) is 31.2 Å². The molecule has 0 aliphatic carbocycles. The first kappa shape index (κ1) is 13.8. The number of thiazole rings is 1. The third kappa shape index (κ3) is 4.54. The van der Waals surface area contributed by atoms with E-state index in [1.54, 1.807) is 11.3 Å². The van der Waals surface area contributed by atoms with E-state index in [4.69, 9.17) is 10.5 Å². The molecule has 0 aliphatic rings. The number of aromatic nitrogens is 1. The van der Waals surface area contributed by atoms with Crippen molar-refractivity contribution in [2.45, 2.75) is 13.5 Å². The van der Waals surface area contributed by atoms with Gasteiger partial charge in [0.05, 0.1) is 10.7 Å². The van der Waals surface area contributed by atoms with Crippen LogP contribution in [0.1, 0.15) is 10.7 Å². The summed E-state index contributed by atoms with van der Waals surface area (Å²) in [4.78, 5) is 6.64. The summed E-state index contributed by atoms with van der Waals surface area (Å²) in [5.74, 6) is 0.818. The second kappa shape index (κ2) is 6.54. The van der Waals surface area contributed by atoms with Crippen molar-refractivity contribution in [1.82, 2.24) is 9.88 Å². The van der Waals surface area contributed by atoms with E-state index in [2.05, 4.69) is 22.3 Å². The van der Waals surface area contributed by atoms with Gasteiger partial charge in [-0.3, -0.25) is 4.90 Å². The van der Waals surface area contributed by atoms with Crippen LogP contribution in [0.3, 0.4) is 0 Å². The lowest BCUT2D eigenvalue weighted by Gasteiger charge is -2.15. The highest BCUT2D eigenvalue weighted by Gasteiger charge is 2.04. The van der Waals surface area contributed by atoms with Gasteiger partial charge >= 0.3 is 0 Å². The van der Waals surface area contributed by atoms with Crippen LogP contribution in [-0.4, -0.2) is 30.1 Å². The molecular formula is C14H19N3OS. The second-order valence-electron chi connectivity index (χ2n) is 4.52. The van der Waals surface area contributed by atoms with Crippen LogP contribution < -0.4 is 10.5 Å². The van der Waals surface area contributed by atoms with Crippen molar-refractivity contribution in [3.8, 4) is 5.75 Å². The predicted octanol–water partition coefficient (Wildman–Crippen LogP) is 2.54. The van der Waals surface area contributed by atoms with Gasteiger partial charge in [-0.15, -0.1) is 11.3 Å². The quantitative estimate of drug-likeness (QED) is 0.824. The zero-order chi connectivity index (χ0) is 13.7. The number of ether oxygens (including phenoxy) is 1. The van der Waals surface area contributed by atoms with Crippen LogP contribution >= 0.6 is 11.3 Å². The topological polar surface area (TPSA) is 51.4 Å². The molecule has 0 bridgehead atoms. The Hall–Kier alpha value is -1.59. The van der Waals surface area contributed by atoms with Gasteiger partial charge in [0, 0.05) is 30.2 Å². The summed E-state index contributed by atoms with van der Waals surface area (Å²) in [6.07, 6.45) is 0. The van der Waals surface area contributed by atoms with Crippen LogP contribution in [0.4, 0.5) is 5.69 Å². The summed E-state index contributed by atoms with van der Waals surface area (Å²) in [6.45, 7) is 4.37. The standard InChI is InChI=1S/C14H19N3OS/c1-11-16-13(10-19-11)9-17(2)6-7-18-14-5-3-4-12(15)8-14/h3-5,8,10H,6-7,9,15H2,1-2H3. The first-order valence-electron chi connectivity index (χ1n) is 6.21. The number of benzene rings is 1. The van der Waals surface area contributed by atoms with Crippen LogP contribution in [0.15, 0.2) is 29.6 Å². The minimum absolute atomic E-state index is 0.642. The first-order chi connectivity index (χ1) is 9.13. The molecule has 1 heterocycles. The number of nitrogens with zero attached hydrogens (tertiary/aromatic N) is 2. The van der Waals surface area contributed by atoms with Crippen molar-refractivity contribution in [2.24, 2.45) is 0 Å². The lowest BCUT2D eigenvalue weighted by molar-refractivity contribution is 0.231. The molecule has 102 valence electrons. The van der Waals surface area contributed by atoms with Gasteiger partial charge in [-0.1, -0.05) is 6.07 Å². The Kier molecular flexibility index (Phi) is 4.76. The molecule has 1 aromatic carbocycles. The molecule has 2 N–H and O–H groups in total. The number of hydrogen-bond acceptors (Lipinski definition) is 5. The molecular weight excluding hydrogens is 258 g/mol. The van der Waals surface area contributed by atoms with Crippen molar-refractivity contribution >= 4 is 17.0 Å². The van der Waals surface area contributed by atoms with Gasteiger partial charge in [-0.25, -0.2) is 4.98 Å². The summed E-state index contributed by atoms with van der Waals surface area (Å²) in [5, 5.41) is 3.21. The minimum Gasteiger partial charge on any atom is -0.492 e. The zero-order valence-electron chi connectivity index (χ0n) is 11.3. The SMILES string of the molecule is Cc1nc(CN(C)CCOc2cccc(N)c2)cs1. The second-order valence-corrected chi connectivity index (χ2v) is 5.58. The fourth-order valence-corrected chi connectivity index (χ4v) is 2.36. The summed E-state index contributed by atoms with van der Waals surface area (Å²) in [5.41, 5.74) is 7.54. The molecule has 0 aliphatic heterocycles. The highest BCUT2D eigenvalue weighted by atomic mass is 32.1. The van der Waals surface area contributed by atoms with Gasteiger partial charge in [0.1, 0.15) is 12.4 Å². The van der Waals surface area contributed by atoms with Crippen LogP contribution in [0.25, 0.3) is 0 Å². The number of nitrogens with two attached hydrogens (primary N) is 1. The maximum absolute atomic E-state index is 5.70. The Balaban J connectivity index is 1.73. The van der Waals surface area contributed by atoms with Gasteiger partial charge in [0.25, 0.3) is 0 Å². The van der Waals surface area contributed by atoms with E-state index in [1.165, 1.54) is 0 Å². The maximum atomic E-state index is 5.70. The number of rotatable bonds is 6. The van der Waals surface area contributed by atoms with Crippen molar-refractivity contribution < 1.29 is 4.74 Å². The van der Waals surface area contributed by atoms with E-state index < -0.39 is 0 Å². The smallest absolute Gasteiger partial charge is 0.121 e. The van der Waals surface area contributed by atoms with Gasteiger partial charge in [-0.05, 0) is 26.1 Å². The summed E-state index contributed by atoms with van der Waals surface area (Å²) in [6, 6.07) is 7.50. The fraction of sp³-hybridized carbons (Fsp3) is 0.357. The zero-order valence-corrected chi connectivity index (χ0v) is 12.1. The number of aryl methyl sites for hydroxylation is 1. The maximum Gasteiger partial charge on any atom is 0.121 e. The summed E-state index contributed by atoms with van der Waals surface area (Å²) >= 11 is 1.69. The molecule has 19 heavy (non-hydrogen) atoms. The Bertz CT molecular complexity index is 527. The average Bonchev–Trinajstić information content (AvgIpc) is 2.75. The third-order valence-electron chi connectivity index (χ3n) is 2.70. The van der Waals surface area contributed by atoms with Gasteiger partial charge in [-0.2, -0.15) is 0 Å². The molecule has 0 saturated carbocycles. The molecule has 1 aromatic heterocycles. The molecule has 5 heteroatoms. The molecule has 0 saturated heterocycles. The predicted molar refractivity (Wildman–Crippen MR) is 79.5 cm³/mol. The average molecular weight is 277 g/mol. The van der Waals surface area contributed by atoms with Crippen LogP contribution in [0.2, 0.25) is 0 Å². The van der Waals surface area contributed by atoms with Crippen LogP contribution in [-0.2, 0) is 6.54 Å². The number of nitrogen functional groups attached to an aromatic ring is 1. The molecule has 0 atom stereocenters. The first-order valence-corrected chi connectivity index (χ1v) is 7.09. The largest absolute Gasteiger partial charge is 0.492 e. The Morgan fingerprint density at radius 1 is 1.42 bits per heavy atom.